The first-order valence-corrected chi connectivity index (χ1v) is 11.3. The minimum Gasteiger partial charge on any atom is -0.509 e. The van der Waals surface area contributed by atoms with Crippen molar-refractivity contribution in [3.05, 3.63) is 27.6 Å². The molecule has 2 aliphatic heterocycles. The van der Waals surface area contributed by atoms with Crippen LogP contribution in [0.4, 0.5) is 0 Å². The number of tetrazole rings is 1. The Morgan fingerprint density at radius 2 is 2.17 bits per heavy atom. The Hall–Kier alpha value is -2.46. The number of carbonyl (C=O) groups excluding carboxylic acids is 2. The summed E-state index contributed by atoms with van der Waals surface area (Å²) in [6.45, 7) is 0. The number of carboxylic acids is 1. The van der Waals surface area contributed by atoms with E-state index >= 15 is 0 Å². The molecule has 2 aliphatic rings. The maximum atomic E-state index is 12.6. The van der Waals surface area contributed by atoms with E-state index in [4.69, 9.17) is 0 Å². The van der Waals surface area contributed by atoms with Crippen LogP contribution in [0.1, 0.15) is 0 Å². The lowest BCUT2D eigenvalue weighted by Gasteiger charge is -2.49. The number of aliphatic hydroxyl groups excluding tert-OH is 1. The Balaban J connectivity index is 1.76. The minimum absolute atomic E-state index is 0.149. The molecular formula is C14H14BrN7O6S2. The SMILES string of the molecule is Cn1nnnc1SCC1=C(C(=O)O)N2C(=O)C(NC(=O)C(N=O)=C(O)CBr)[C@@H]2SC1. The third kappa shape index (κ3) is 4.06. The van der Waals surface area contributed by atoms with Gasteiger partial charge in [0.05, 0.1) is 5.33 Å². The van der Waals surface area contributed by atoms with Crippen LogP contribution in [0.25, 0.3) is 0 Å². The number of nitrogens with zero attached hydrogens (tertiary/aromatic N) is 6. The Labute approximate surface area is 185 Å². The first-order chi connectivity index (χ1) is 14.3. The van der Waals surface area contributed by atoms with Crippen molar-refractivity contribution < 1.29 is 24.6 Å². The van der Waals surface area contributed by atoms with Crippen LogP contribution in [0.15, 0.2) is 33.1 Å². The molecule has 30 heavy (non-hydrogen) atoms. The normalized spacial score (nSPS) is 21.5. The number of β-lactam (4-membered cyclic amide) rings is 1. The van der Waals surface area contributed by atoms with Gasteiger partial charge in [0.25, 0.3) is 11.8 Å². The highest BCUT2D eigenvalue weighted by Crippen LogP contribution is 2.41. The number of nitroso groups, excluding NO2 is 1. The quantitative estimate of drug-likeness (QED) is 0.105. The molecular weight excluding hydrogens is 506 g/mol. The van der Waals surface area contributed by atoms with Gasteiger partial charge in [-0.2, -0.15) is 0 Å². The zero-order valence-electron chi connectivity index (χ0n) is 15.2. The molecule has 3 heterocycles. The van der Waals surface area contributed by atoms with Crippen LogP contribution in [0, 0.1) is 4.91 Å². The van der Waals surface area contributed by atoms with Crippen LogP contribution in [-0.2, 0) is 21.4 Å². The van der Waals surface area contributed by atoms with Gasteiger partial charge in [0.2, 0.25) is 10.9 Å². The fourth-order valence-electron chi connectivity index (χ4n) is 2.79. The van der Waals surface area contributed by atoms with E-state index in [1.165, 1.54) is 28.2 Å². The van der Waals surface area contributed by atoms with E-state index < -0.39 is 40.7 Å². The van der Waals surface area contributed by atoms with Gasteiger partial charge in [0, 0.05) is 18.6 Å². The Morgan fingerprint density at radius 1 is 1.43 bits per heavy atom. The molecule has 1 fully saturated rings. The summed E-state index contributed by atoms with van der Waals surface area (Å²) >= 11 is 5.40. The zero-order valence-corrected chi connectivity index (χ0v) is 18.4. The predicted molar refractivity (Wildman–Crippen MR) is 108 cm³/mol. The molecule has 0 saturated carbocycles. The highest BCUT2D eigenvalue weighted by atomic mass is 79.9. The molecule has 1 aromatic heterocycles. The molecule has 0 radical (unpaired) electrons. The number of allylic oxidation sites excluding steroid dienone is 1. The summed E-state index contributed by atoms with van der Waals surface area (Å²) in [5.41, 5.74) is -0.381. The number of carbonyl (C=O) groups is 3. The number of hydrogen-bond donors (Lipinski definition) is 3. The zero-order chi connectivity index (χ0) is 22.0. The van der Waals surface area contributed by atoms with Crippen molar-refractivity contribution in [1.29, 1.82) is 0 Å². The third-order valence-corrected chi connectivity index (χ3v) is 7.17. The molecule has 2 atom stereocenters. The smallest absolute Gasteiger partial charge is 0.352 e. The Bertz CT molecular complexity index is 980. The lowest BCUT2D eigenvalue weighted by Crippen LogP contribution is -2.70. The first kappa shape index (κ1) is 22.2. The second kappa shape index (κ2) is 9.13. The van der Waals surface area contributed by atoms with E-state index in [-0.39, 0.29) is 16.8 Å². The number of aryl methyl sites for hydroxylation is 1. The number of aromatic nitrogens is 4. The number of carboxylic acid groups (broad SMARTS) is 1. The molecule has 1 saturated heterocycles. The van der Waals surface area contributed by atoms with Gasteiger partial charge in [-0.05, 0) is 21.2 Å². The van der Waals surface area contributed by atoms with Crippen molar-refractivity contribution in [3.63, 3.8) is 0 Å². The van der Waals surface area contributed by atoms with E-state index in [1.807, 2.05) is 0 Å². The van der Waals surface area contributed by atoms with Crippen molar-refractivity contribution in [2.24, 2.45) is 12.2 Å². The summed E-state index contributed by atoms with van der Waals surface area (Å²) in [5, 5.41) is 34.8. The number of amides is 2. The fourth-order valence-corrected chi connectivity index (χ4v) is 5.39. The van der Waals surface area contributed by atoms with Gasteiger partial charge in [-0.25, -0.2) is 9.48 Å². The van der Waals surface area contributed by atoms with Gasteiger partial charge in [-0.1, -0.05) is 27.7 Å². The largest absolute Gasteiger partial charge is 0.509 e. The number of nitrogens with one attached hydrogen (secondary N) is 1. The van der Waals surface area contributed by atoms with Crippen molar-refractivity contribution in [2.75, 3.05) is 16.8 Å². The molecule has 3 N–H and O–H groups in total. The topological polar surface area (TPSA) is 180 Å². The van der Waals surface area contributed by atoms with Crippen molar-refractivity contribution in [1.82, 2.24) is 30.4 Å². The van der Waals surface area contributed by atoms with Gasteiger partial charge in [0.1, 0.15) is 22.9 Å². The average molecular weight is 520 g/mol. The van der Waals surface area contributed by atoms with E-state index in [9.17, 15) is 29.5 Å². The second-order valence-electron chi connectivity index (χ2n) is 6.01. The summed E-state index contributed by atoms with van der Waals surface area (Å²) < 4.78 is 1.44. The van der Waals surface area contributed by atoms with E-state index in [2.05, 4.69) is 41.9 Å². The van der Waals surface area contributed by atoms with Crippen molar-refractivity contribution in [2.45, 2.75) is 16.6 Å². The maximum absolute atomic E-state index is 12.6. The molecule has 0 aliphatic carbocycles. The summed E-state index contributed by atoms with van der Waals surface area (Å²) in [4.78, 5) is 48.5. The molecule has 1 unspecified atom stereocenters. The molecule has 0 aromatic carbocycles. The molecule has 2 amide bonds. The number of hydrogen-bond acceptors (Lipinski definition) is 11. The summed E-state index contributed by atoms with van der Waals surface area (Å²) in [7, 11) is 1.65. The highest BCUT2D eigenvalue weighted by molar-refractivity contribution is 9.09. The lowest BCUT2D eigenvalue weighted by molar-refractivity contribution is -0.150. The Morgan fingerprint density at radius 3 is 2.73 bits per heavy atom. The number of halogens is 1. The number of alkyl halides is 1. The average Bonchev–Trinajstić information content (AvgIpc) is 3.14. The van der Waals surface area contributed by atoms with Crippen molar-refractivity contribution in [3.8, 4) is 0 Å². The highest BCUT2D eigenvalue weighted by Gasteiger charge is 2.54. The van der Waals surface area contributed by atoms with Gasteiger partial charge in [-0.3, -0.25) is 14.5 Å². The van der Waals surface area contributed by atoms with E-state index in [0.29, 0.717) is 16.5 Å². The van der Waals surface area contributed by atoms with Gasteiger partial charge in [-0.15, -0.1) is 21.8 Å². The van der Waals surface area contributed by atoms with Crippen LogP contribution >= 0.6 is 39.5 Å². The number of aliphatic carboxylic acids is 1. The van der Waals surface area contributed by atoms with Gasteiger partial charge in [0.15, 0.2) is 0 Å². The molecule has 0 bridgehead atoms. The standard InChI is InChI=1S/C14H14BrN7O6S2/c1-21-14(17-19-20-21)30-4-5-3-29-12-8(11(25)22(12)9(5)13(26)27)16-10(24)7(18-28)6(23)2-15/h8,12,23H,2-4H2,1H3,(H,16,24)(H,26,27)/t8?,12-/m0/s1. The minimum atomic E-state index is -1.27. The molecule has 3 rings (SSSR count). The maximum Gasteiger partial charge on any atom is 0.352 e. The van der Waals surface area contributed by atoms with Crippen LogP contribution < -0.4 is 5.32 Å². The second-order valence-corrected chi connectivity index (χ2v) is 8.62. The molecule has 1 aromatic rings. The van der Waals surface area contributed by atoms with E-state index in [1.54, 1.807) is 7.05 Å². The molecule has 16 heteroatoms. The molecule has 160 valence electrons. The number of aliphatic hydroxyl groups is 1. The monoisotopic (exact) mass is 519 g/mol. The van der Waals surface area contributed by atoms with Crippen molar-refractivity contribution >= 4 is 57.2 Å². The van der Waals surface area contributed by atoms with Crippen LogP contribution in [-0.4, -0.2) is 81.4 Å². The van der Waals surface area contributed by atoms with Crippen LogP contribution in [0.2, 0.25) is 0 Å². The van der Waals surface area contributed by atoms with Crippen LogP contribution in [0.3, 0.4) is 0 Å². The molecule has 13 nitrogen and oxygen atoms in total. The Kier molecular flexibility index (Phi) is 6.77. The molecule has 0 spiro atoms. The third-order valence-electron chi connectivity index (χ3n) is 4.20. The van der Waals surface area contributed by atoms with Crippen LogP contribution in [0.5, 0.6) is 0 Å². The van der Waals surface area contributed by atoms with Gasteiger partial charge >= 0.3 is 5.97 Å². The van der Waals surface area contributed by atoms with Gasteiger partial charge < -0.3 is 15.5 Å². The summed E-state index contributed by atoms with van der Waals surface area (Å²) in [6, 6.07) is -1.05. The van der Waals surface area contributed by atoms with E-state index in [0.717, 1.165) is 4.90 Å². The number of fused-ring (bicyclic) bond motifs is 1. The fraction of sp³-hybridized carbons (Fsp3) is 0.429. The predicted octanol–water partition coefficient (Wildman–Crippen LogP) is -0.0283. The number of thioether (sulfide) groups is 2. The summed E-state index contributed by atoms with van der Waals surface area (Å²) in [6.07, 6.45) is 0. The lowest BCUT2D eigenvalue weighted by atomic mass is 10.0. The first-order valence-electron chi connectivity index (χ1n) is 8.17. The summed E-state index contributed by atoms with van der Waals surface area (Å²) in [5.74, 6) is -2.93. The number of rotatable bonds is 8.